The van der Waals surface area contributed by atoms with Crippen LogP contribution in [0.3, 0.4) is 0 Å². The van der Waals surface area contributed by atoms with Gasteiger partial charge in [0.05, 0.1) is 5.92 Å². The molecule has 6 heteroatoms. The molecule has 0 heterocycles. The molecule has 1 aliphatic rings. The predicted octanol–water partition coefficient (Wildman–Crippen LogP) is 1.30. The van der Waals surface area contributed by atoms with Crippen molar-refractivity contribution in [2.24, 2.45) is 11.8 Å². The van der Waals surface area contributed by atoms with Crippen LogP contribution in [0.2, 0.25) is 0 Å². The minimum absolute atomic E-state index is 0.0725. The van der Waals surface area contributed by atoms with Crippen molar-refractivity contribution in [3.8, 4) is 0 Å². The fourth-order valence-corrected chi connectivity index (χ4v) is 2.54. The Morgan fingerprint density at radius 1 is 1.24 bits per heavy atom. The fourth-order valence-electron chi connectivity index (χ4n) is 2.54. The molecule has 0 radical (unpaired) electrons. The molecule has 3 unspecified atom stereocenters. The smallest absolute Gasteiger partial charge is 0.306 e. The van der Waals surface area contributed by atoms with E-state index in [0.29, 0.717) is 19.4 Å². The van der Waals surface area contributed by atoms with Gasteiger partial charge in [-0.05, 0) is 32.6 Å². The van der Waals surface area contributed by atoms with Crippen LogP contribution in [0.1, 0.15) is 52.4 Å². The van der Waals surface area contributed by atoms with E-state index >= 15 is 0 Å². The van der Waals surface area contributed by atoms with E-state index in [-0.39, 0.29) is 30.2 Å². The number of aliphatic carboxylic acids is 1. The maximum Gasteiger partial charge on any atom is 0.306 e. The molecule has 21 heavy (non-hydrogen) atoms. The van der Waals surface area contributed by atoms with Crippen LogP contribution in [-0.4, -0.2) is 35.5 Å². The third kappa shape index (κ3) is 6.14. The van der Waals surface area contributed by atoms with Crippen molar-refractivity contribution < 1.29 is 19.5 Å². The first-order valence-corrected chi connectivity index (χ1v) is 7.73. The molecular formula is C15H26N2O4. The molecule has 3 atom stereocenters. The molecule has 1 fully saturated rings. The molecule has 0 aromatic carbocycles. The van der Waals surface area contributed by atoms with Crippen LogP contribution in [-0.2, 0) is 14.4 Å². The first kappa shape index (κ1) is 17.5. The Hall–Kier alpha value is -1.59. The summed E-state index contributed by atoms with van der Waals surface area (Å²) in [6.45, 7) is 4.23. The zero-order valence-electron chi connectivity index (χ0n) is 12.9. The van der Waals surface area contributed by atoms with E-state index in [4.69, 9.17) is 5.11 Å². The van der Waals surface area contributed by atoms with E-state index < -0.39 is 11.9 Å². The second-order valence-corrected chi connectivity index (χ2v) is 5.82. The molecule has 3 N–H and O–H groups in total. The van der Waals surface area contributed by atoms with Crippen LogP contribution >= 0.6 is 0 Å². The lowest BCUT2D eigenvalue weighted by atomic mass is 9.81. The van der Waals surface area contributed by atoms with E-state index in [2.05, 4.69) is 10.6 Å². The van der Waals surface area contributed by atoms with Crippen molar-refractivity contribution in [3.63, 3.8) is 0 Å². The number of hydrogen-bond acceptors (Lipinski definition) is 3. The van der Waals surface area contributed by atoms with Crippen molar-refractivity contribution in [2.45, 2.75) is 58.4 Å². The van der Waals surface area contributed by atoms with Crippen molar-refractivity contribution in [1.29, 1.82) is 0 Å². The first-order valence-electron chi connectivity index (χ1n) is 7.73. The Morgan fingerprint density at radius 3 is 2.52 bits per heavy atom. The lowest BCUT2D eigenvalue weighted by molar-refractivity contribution is -0.144. The summed E-state index contributed by atoms with van der Waals surface area (Å²) in [6, 6.07) is 0.142. The summed E-state index contributed by atoms with van der Waals surface area (Å²) in [5, 5.41) is 14.6. The number of carbonyl (C=O) groups excluding carboxylic acids is 2. The monoisotopic (exact) mass is 298 g/mol. The molecule has 6 nitrogen and oxygen atoms in total. The highest BCUT2D eigenvalue weighted by molar-refractivity contribution is 5.81. The second-order valence-electron chi connectivity index (χ2n) is 5.82. The van der Waals surface area contributed by atoms with Gasteiger partial charge in [0.15, 0.2) is 0 Å². The van der Waals surface area contributed by atoms with Crippen LogP contribution in [0, 0.1) is 11.8 Å². The molecule has 0 saturated heterocycles. The molecule has 2 amide bonds. The van der Waals surface area contributed by atoms with Crippen molar-refractivity contribution >= 4 is 17.8 Å². The van der Waals surface area contributed by atoms with E-state index in [1.807, 2.05) is 13.8 Å². The van der Waals surface area contributed by atoms with Crippen LogP contribution in [0.15, 0.2) is 0 Å². The summed E-state index contributed by atoms with van der Waals surface area (Å²) < 4.78 is 0. The lowest BCUT2D eigenvalue weighted by Crippen LogP contribution is -2.38. The van der Waals surface area contributed by atoms with E-state index in [9.17, 15) is 14.4 Å². The summed E-state index contributed by atoms with van der Waals surface area (Å²) in [5.41, 5.74) is 0. The molecule has 1 saturated carbocycles. The maximum absolute atomic E-state index is 12.0. The van der Waals surface area contributed by atoms with Crippen molar-refractivity contribution in [2.75, 3.05) is 6.54 Å². The minimum Gasteiger partial charge on any atom is -0.481 e. The number of amides is 2. The van der Waals surface area contributed by atoms with Gasteiger partial charge >= 0.3 is 5.97 Å². The Kier molecular flexibility index (Phi) is 7.19. The van der Waals surface area contributed by atoms with Crippen molar-refractivity contribution in [1.82, 2.24) is 10.6 Å². The third-order valence-electron chi connectivity index (χ3n) is 4.07. The third-order valence-corrected chi connectivity index (χ3v) is 4.07. The molecule has 0 aliphatic heterocycles. The van der Waals surface area contributed by atoms with Gasteiger partial charge in [-0.25, -0.2) is 0 Å². The van der Waals surface area contributed by atoms with Crippen molar-refractivity contribution in [3.05, 3.63) is 0 Å². The molecular weight excluding hydrogens is 272 g/mol. The van der Waals surface area contributed by atoms with Crippen LogP contribution in [0.4, 0.5) is 0 Å². The molecule has 0 bridgehead atoms. The highest BCUT2D eigenvalue weighted by Crippen LogP contribution is 2.29. The number of nitrogens with one attached hydrogen (secondary N) is 2. The van der Waals surface area contributed by atoms with E-state index in [0.717, 1.165) is 19.3 Å². The maximum atomic E-state index is 12.0. The Bertz CT molecular complexity index is 384. The Labute approximate surface area is 125 Å². The van der Waals surface area contributed by atoms with E-state index in [1.54, 1.807) is 0 Å². The van der Waals surface area contributed by atoms with Crippen LogP contribution in [0.25, 0.3) is 0 Å². The minimum atomic E-state index is -0.819. The molecule has 120 valence electrons. The molecule has 1 rings (SSSR count). The largest absolute Gasteiger partial charge is 0.481 e. The van der Waals surface area contributed by atoms with E-state index in [1.165, 1.54) is 0 Å². The van der Waals surface area contributed by atoms with Gasteiger partial charge in [0.2, 0.25) is 11.8 Å². The van der Waals surface area contributed by atoms with Gasteiger partial charge in [-0.3, -0.25) is 14.4 Å². The quantitative estimate of drug-likeness (QED) is 0.660. The molecule has 0 spiro atoms. The average Bonchev–Trinajstić information content (AvgIpc) is 2.46. The van der Waals surface area contributed by atoms with Gasteiger partial charge in [-0.2, -0.15) is 0 Å². The number of hydrogen-bond donors (Lipinski definition) is 3. The van der Waals surface area contributed by atoms with Crippen LogP contribution < -0.4 is 10.6 Å². The standard InChI is InChI=1S/C15H26N2O4/c1-3-10(2)17-13(18)7-8-16-14(19)11-5-4-6-12(9-11)15(20)21/h10-12H,3-9H2,1-2H3,(H,16,19)(H,17,18)(H,20,21). The van der Waals surface area contributed by atoms with Gasteiger partial charge < -0.3 is 15.7 Å². The number of carboxylic acids is 1. The first-order chi connectivity index (χ1) is 9.93. The molecule has 0 aromatic rings. The summed E-state index contributed by atoms with van der Waals surface area (Å²) >= 11 is 0. The summed E-state index contributed by atoms with van der Waals surface area (Å²) in [4.78, 5) is 34.5. The van der Waals surface area contributed by atoms with Gasteiger partial charge in [0, 0.05) is 24.9 Å². The molecule has 1 aliphatic carbocycles. The number of carboxylic acid groups (broad SMARTS) is 1. The predicted molar refractivity (Wildman–Crippen MR) is 78.6 cm³/mol. The highest BCUT2D eigenvalue weighted by atomic mass is 16.4. The van der Waals surface area contributed by atoms with Gasteiger partial charge in [0.1, 0.15) is 0 Å². The van der Waals surface area contributed by atoms with Gasteiger partial charge in [-0.15, -0.1) is 0 Å². The zero-order chi connectivity index (χ0) is 15.8. The Morgan fingerprint density at radius 2 is 1.90 bits per heavy atom. The van der Waals surface area contributed by atoms with Gasteiger partial charge in [-0.1, -0.05) is 13.3 Å². The summed E-state index contributed by atoms with van der Waals surface area (Å²) in [7, 11) is 0. The summed E-state index contributed by atoms with van der Waals surface area (Å²) in [5.74, 6) is -1.67. The Balaban J connectivity index is 2.27. The zero-order valence-corrected chi connectivity index (χ0v) is 12.9. The van der Waals surface area contributed by atoms with Gasteiger partial charge in [0.25, 0.3) is 0 Å². The normalized spacial score (nSPS) is 23.1. The number of rotatable bonds is 7. The SMILES string of the molecule is CCC(C)NC(=O)CCNC(=O)C1CCCC(C(=O)O)C1. The number of carbonyl (C=O) groups is 3. The lowest BCUT2D eigenvalue weighted by Gasteiger charge is -2.25. The highest BCUT2D eigenvalue weighted by Gasteiger charge is 2.30. The molecule has 0 aromatic heterocycles. The average molecular weight is 298 g/mol. The van der Waals surface area contributed by atoms with Crippen LogP contribution in [0.5, 0.6) is 0 Å². The fraction of sp³-hybridized carbons (Fsp3) is 0.800. The summed E-state index contributed by atoms with van der Waals surface area (Å²) in [6.07, 6.45) is 3.68. The second kappa shape index (κ2) is 8.64. The topological polar surface area (TPSA) is 95.5 Å².